The van der Waals surface area contributed by atoms with Crippen LogP contribution in [-0.4, -0.2) is 10.4 Å². The summed E-state index contributed by atoms with van der Waals surface area (Å²) in [4.78, 5) is 5.50. The Hall–Kier alpha value is -0.0800. The Labute approximate surface area is 88.1 Å². The standard InChI is InChI=1S/C10H14ClNS/c1-10(3-2-8(11)4-10)5-9-6-12-7-13-9/h6-8H,2-5H2,1H3. The van der Waals surface area contributed by atoms with Crippen LogP contribution in [0.3, 0.4) is 0 Å². The second-order valence-corrected chi connectivity index (χ2v) is 5.88. The molecule has 1 fully saturated rings. The monoisotopic (exact) mass is 215 g/mol. The molecule has 1 heterocycles. The van der Waals surface area contributed by atoms with E-state index in [4.69, 9.17) is 11.6 Å². The van der Waals surface area contributed by atoms with Gasteiger partial charge in [-0.2, -0.15) is 0 Å². The average molecular weight is 216 g/mol. The van der Waals surface area contributed by atoms with Crippen molar-refractivity contribution in [3.05, 3.63) is 16.6 Å². The Kier molecular flexibility index (Phi) is 2.61. The minimum atomic E-state index is 0.401. The molecular formula is C10H14ClNS. The third-order valence-electron chi connectivity index (χ3n) is 2.86. The van der Waals surface area contributed by atoms with Crippen molar-refractivity contribution in [1.82, 2.24) is 4.98 Å². The van der Waals surface area contributed by atoms with Gasteiger partial charge in [0.1, 0.15) is 0 Å². The van der Waals surface area contributed by atoms with Crippen molar-refractivity contribution in [2.45, 2.75) is 38.0 Å². The lowest BCUT2D eigenvalue weighted by molar-refractivity contribution is 0.337. The second kappa shape index (κ2) is 3.58. The number of hydrogen-bond acceptors (Lipinski definition) is 2. The van der Waals surface area contributed by atoms with Crippen LogP contribution in [-0.2, 0) is 6.42 Å². The van der Waals surface area contributed by atoms with Gasteiger partial charge in [-0.15, -0.1) is 22.9 Å². The maximum atomic E-state index is 6.12. The van der Waals surface area contributed by atoms with Crippen molar-refractivity contribution in [3.8, 4) is 0 Å². The third kappa shape index (κ3) is 2.23. The first kappa shape index (κ1) is 9.47. The molecule has 0 bridgehead atoms. The molecule has 0 aromatic carbocycles. The minimum absolute atomic E-state index is 0.401. The van der Waals surface area contributed by atoms with Crippen LogP contribution in [0.25, 0.3) is 0 Å². The zero-order valence-corrected chi connectivity index (χ0v) is 9.37. The molecule has 1 saturated carbocycles. The molecule has 13 heavy (non-hydrogen) atoms. The quantitative estimate of drug-likeness (QED) is 0.689. The maximum Gasteiger partial charge on any atom is 0.0794 e. The van der Waals surface area contributed by atoms with Gasteiger partial charge in [-0.1, -0.05) is 6.92 Å². The molecule has 1 aliphatic rings. The summed E-state index contributed by atoms with van der Waals surface area (Å²) in [7, 11) is 0. The van der Waals surface area contributed by atoms with Gasteiger partial charge in [0.05, 0.1) is 5.51 Å². The maximum absolute atomic E-state index is 6.12. The number of halogens is 1. The van der Waals surface area contributed by atoms with Gasteiger partial charge in [0, 0.05) is 16.5 Å². The highest BCUT2D eigenvalue weighted by molar-refractivity contribution is 7.09. The molecule has 0 saturated heterocycles. The summed E-state index contributed by atoms with van der Waals surface area (Å²) in [6.07, 6.45) is 6.74. The van der Waals surface area contributed by atoms with E-state index in [1.54, 1.807) is 11.3 Å². The zero-order valence-electron chi connectivity index (χ0n) is 7.79. The first-order valence-corrected chi connectivity index (χ1v) is 6.01. The number of rotatable bonds is 2. The van der Waals surface area contributed by atoms with Crippen molar-refractivity contribution in [1.29, 1.82) is 0 Å². The second-order valence-electron chi connectivity index (χ2n) is 4.30. The van der Waals surface area contributed by atoms with Crippen molar-refractivity contribution in [2.24, 2.45) is 5.41 Å². The van der Waals surface area contributed by atoms with E-state index in [1.165, 1.54) is 17.7 Å². The van der Waals surface area contributed by atoms with Crippen LogP contribution in [0.5, 0.6) is 0 Å². The summed E-state index contributed by atoms with van der Waals surface area (Å²) < 4.78 is 0. The first-order chi connectivity index (χ1) is 6.18. The van der Waals surface area contributed by atoms with Crippen molar-refractivity contribution in [3.63, 3.8) is 0 Å². The Morgan fingerprint density at radius 1 is 1.77 bits per heavy atom. The van der Waals surface area contributed by atoms with Crippen LogP contribution in [0, 0.1) is 5.41 Å². The fourth-order valence-corrected chi connectivity index (χ4v) is 3.45. The molecule has 1 aromatic rings. The molecule has 0 radical (unpaired) electrons. The summed E-state index contributed by atoms with van der Waals surface area (Å²) in [6, 6.07) is 0. The van der Waals surface area contributed by atoms with E-state index in [2.05, 4.69) is 11.9 Å². The van der Waals surface area contributed by atoms with Crippen molar-refractivity contribution >= 4 is 22.9 Å². The van der Waals surface area contributed by atoms with E-state index in [0.717, 1.165) is 12.8 Å². The van der Waals surface area contributed by atoms with Crippen LogP contribution < -0.4 is 0 Å². The molecule has 1 aromatic heterocycles. The number of thiazole rings is 1. The highest BCUT2D eigenvalue weighted by Crippen LogP contribution is 2.43. The highest BCUT2D eigenvalue weighted by atomic mass is 35.5. The molecule has 0 N–H and O–H groups in total. The molecule has 0 spiro atoms. The zero-order chi connectivity index (χ0) is 9.31. The molecular weight excluding hydrogens is 202 g/mol. The molecule has 0 amide bonds. The van der Waals surface area contributed by atoms with Gasteiger partial charge >= 0.3 is 0 Å². The Bertz CT molecular complexity index is 272. The summed E-state index contributed by atoms with van der Waals surface area (Å²) >= 11 is 7.88. The van der Waals surface area contributed by atoms with Crippen LogP contribution >= 0.6 is 22.9 Å². The van der Waals surface area contributed by atoms with Gasteiger partial charge in [-0.3, -0.25) is 4.98 Å². The van der Waals surface area contributed by atoms with Gasteiger partial charge in [0.15, 0.2) is 0 Å². The number of hydrogen-bond donors (Lipinski definition) is 0. The van der Waals surface area contributed by atoms with Gasteiger partial charge in [-0.25, -0.2) is 0 Å². The molecule has 0 aliphatic heterocycles. The van der Waals surface area contributed by atoms with Crippen LogP contribution in [0.1, 0.15) is 31.1 Å². The predicted octanol–water partition coefficient (Wildman–Crippen LogP) is 3.48. The minimum Gasteiger partial charge on any atom is -0.253 e. The summed E-state index contributed by atoms with van der Waals surface area (Å²) in [5, 5.41) is 0.401. The molecule has 3 heteroatoms. The third-order valence-corrected chi connectivity index (χ3v) is 4.01. The number of aromatic nitrogens is 1. The summed E-state index contributed by atoms with van der Waals surface area (Å²) in [5.41, 5.74) is 2.34. The Balaban J connectivity index is 2.01. The summed E-state index contributed by atoms with van der Waals surface area (Å²) in [5.74, 6) is 0. The van der Waals surface area contributed by atoms with Gasteiger partial charge in [-0.05, 0) is 31.1 Å². The normalized spacial score (nSPS) is 33.8. The molecule has 1 aliphatic carbocycles. The Morgan fingerprint density at radius 3 is 3.15 bits per heavy atom. The molecule has 2 atom stereocenters. The fourth-order valence-electron chi connectivity index (χ4n) is 2.15. The Morgan fingerprint density at radius 2 is 2.62 bits per heavy atom. The first-order valence-electron chi connectivity index (χ1n) is 4.69. The van der Waals surface area contributed by atoms with E-state index < -0.39 is 0 Å². The van der Waals surface area contributed by atoms with Gasteiger partial charge in [0.2, 0.25) is 0 Å². The molecule has 2 rings (SSSR count). The smallest absolute Gasteiger partial charge is 0.0794 e. The van der Waals surface area contributed by atoms with E-state index in [-0.39, 0.29) is 0 Å². The lowest BCUT2D eigenvalue weighted by Crippen LogP contribution is -2.14. The van der Waals surface area contributed by atoms with Crippen molar-refractivity contribution in [2.75, 3.05) is 0 Å². The van der Waals surface area contributed by atoms with E-state index in [0.29, 0.717) is 10.8 Å². The molecule has 1 nitrogen and oxygen atoms in total. The number of nitrogens with zero attached hydrogens (tertiary/aromatic N) is 1. The lowest BCUT2D eigenvalue weighted by Gasteiger charge is -2.22. The van der Waals surface area contributed by atoms with E-state index in [9.17, 15) is 0 Å². The molecule has 72 valence electrons. The highest BCUT2D eigenvalue weighted by Gasteiger charge is 2.34. The van der Waals surface area contributed by atoms with Crippen LogP contribution in [0.4, 0.5) is 0 Å². The predicted molar refractivity (Wildman–Crippen MR) is 57.4 cm³/mol. The fraction of sp³-hybridized carbons (Fsp3) is 0.700. The SMILES string of the molecule is CC1(Cc2cncs2)CCC(Cl)C1. The van der Waals surface area contributed by atoms with Gasteiger partial charge in [0.25, 0.3) is 0 Å². The number of alkyl halides is 1. The van der Waals surface area contributed by atoms with Crippen LogP contribution in [0.15, 0.2) is 11.7 Å². The van der Waals surface area contributed by atoms with E-state index in [1.807, 2.05) is 11.7 Å². The average Bonchev–Trinajstić information content (AvgIpc) is 2.62. The van der Waals surface area contributed by atoms with Crippen molar-refractivity contribution < 1.29 is 0 Å². The van der Waals surface area contributed by atoms with Gasteiger partial charge < -0.3 is 0 Å². The topological polar surface area (TPSA) is 12.9 Å². The largest absolute Gasteiger partial charge is 0.253 e. The van der Waals surface area contributed by atoms with E-state index >= 15 is 0 Å². The lowest BCUT2D eigenvalue weighted by atomic mass is 9.85. The summed E-state index contributed by atoms with van der Waals surface area (Å²) in [6.45, 7) is 2.34. The van der Waals surface area contributed by atoms with Crippen LogP contribution in [0.2, 0.25) is 0 Å². The molecule has 2 unspecified atom stereocenters.